The smallest absolute Gasteiger partial charge is 0.340 e. The van der Waals surface area contributed by atoms with Crippen molar-refractivity contribution in [3.05, 3.63) is 28.8 Å². The van der Waals surface area contributed by atoms with E-state index in [9.17, 15) is 9.59 Å². The molecule has 1 aromatic carbocycles. The first-order valence-electron chi connectivity index (χ1n) is 5.71. The molecule has 0 saturated carbocycles. The van der Waals surface area contributed by atoms with Crippen LogP contribution in [0, 0.1) is 18.3 Å². The van der Waals surface area contributed by atoms with E-state index < -0.39 is 5.97 Å². The monoisotopic (exact) mass is 277 g/mol. The van der Waals surface area contributed by atoms with Gasteiger partial charge in [0, 0.05) is 23.9 Å². The van der Waals surface area contributed by atoms with Gasteiger partial charge in [0.15, 0.2) is 0 Å². The lowest BCUT2D eigenvalue weighted by molar-refractivity contribution is -0.117. The maximum absolute atomic E-state index is 11.9. The molecule has 1 aromatic rings. The Morgan fingerprint density at radius 3 is 2.89 bits per heavy atom. The molecule has 0 radical (unpaired) electrons. The molecule has 4 nitrogen and oxygen atoms in total. The summed E-state index contributed by atoms with van der Waals surface area (Å²) in [5.74, 6) is 1.80. The molecule has 1 aliphatic rings. The van der Waals surface area contributed by atoms with Crippen LogP contribution in [0.1, 0.15) is 16.8 Å². The van der Waals surface area contributed by atoms with Crippen molar-refractivity contribution in [3.8, 4) is 12.3 Å². The second-order valence-corrected chi connectivity index (χ2v) is 4.66. The van der Waals surface area contributed by atoms with Crippen molar-refractivity contribution in [1.29, 1.82) is 0 Å². The lowest BCUT2D eigenvalue weighted by Gasteiger charge is -2.19. The fourth-order valence-corrected chi connectivity index (χ4v) is 2.24. The Balaban J connectivity index is 2.43. The number of anilines is 1. The highest BCUT2D eigenvalue weighted by atomic mass is 35.5. The molecule has 1 saturated heterocycles. The van der Waals surface area contributed by atoms with Gasteiger partial charge in [0.05, 0.1) is 18.4 Å². The van der Waals surface area contributed by atoms with Crippen molar-refractivity contribution in [1.82, 2.24) is 0 Å². The Bertz CT molecular complexity index is 577. The Kier molecular flexibility index (Phi) is 3.77. The largest absolute Gasteiger partial charge is 0.465 e. The summed E-state index contributed by atoms with van der Waals surface area (Å²) in [4.78, 5) is 25.2. The Hall–Kier alpha value is -1.99. The fourth-order valence-electron chi connectivity index (χ4n) is 2.07. The zero-order valence-electron chi connectivity index (χ0n) is 10.4. The lowest BCUT2D eigenvalue weighted by atomic mass is 10.1. The van der Waals surface area contributed by atoms with E-state index in [-0.39, 0.29) is 17.4 Å². The fraction of sp³-hybridized carbons (Fsp3) is 0.286. The second-order valence-electron chi connectivity index (χ2n) is 4.23. The maximum atomic E-state index is 11.9. The predicted octanol–water partition coefficient (Wildman–Crippen LogP) is 2.11. The first-order chi connectivity index (χ1) is 9.06. The molecule has 19 heavy (non-hydrogen) atoms. The van der Waals surface area contributed by atoms with Crippen LogP contribution in [-0.2, 0) is 9.53 Å². The molecule has 1 atom stereocenters. The second kappa shape index (κ2) is 5.33. The minimum absolute atomic E-state index is 0.101. The van der Waals surface area contributed by atoms with Crippen molar-refractivity contribution in [2.75, 3.05) is 18.6 Å². The number of methoxy groups -OCH3 is 1. The number of terminal acetylenes is 1. The standard InChI is InChI=1S/C14H12ClNO3/c1-3-9-6-13(17)16(8-9)12-5-4-10(15)7-11(12)14(18)19-2/h1,4-5,7,9H,6,8H2,2H3. The number of carbonyl (C=O) groups excluding carboxylic acids is 2. The minimum Gasteiger partial charge on any atom is -0.465 e. The summed E-state index contributed by atoms with van der Waals surface area (Å²) in [6, 6.07) is 4.74. The Morgan fingerprint density at radius 2 is 2.32 bits per heavy atom. The number of ether oxygens (including phenoxy) is 1. The molecule has 1 fully saturated rings. The summed E-state index contributed by atoms with van der Waals surface area (Å²) in [7, 11) is 1.28. The first kappa shape index (κ1) is 13.4. The number of nitrogens with zero attached hydrogens (tertiary/aromatic N) is 1. The highest BCUT2D eigenvalue weighted by molar-refractivity contribution is 6.31. The van der Waals surface area contributed by atoms with Crippen molar-refractivity contribution in [3.63, 3.8) is 0 Å². The highest BCUT2D eigenvalue weighted by Gasteiger charge is 2.31. The quantitative estimate of drug-likeness (QED) is 0.614. The van der Waals surface area contributed by atoms with Gasteiger partial charge in [-0.2, -0.15) is 0 Å². The summed E-state index contributed by atoms with van der Waals surface area (Å²) in [6.45, 7) is 0.404. The molecule has 0 N–H and O–H groups in total. The van der Waals surface area contributed by atoms with E-state index in [1.165, 1.54) is 18.1 Å². The van der Waals surface area contributed by atoms with Gasteiger partial charge in [-0.05, 0) is 18.2 Å². The van der Waals surface area contributed by atoms with Gasteiger partial charge in [0.2, 0.25) is 5.91 Å². The number of benzene rings is 1. The topological polar surface area (TPSA) is 46.6 Å². The lowest BCUT2D eigenvalue weighted by Crippen LogP contribution is -2.26. The number of hydrogen-bond acceptors (Lipinski definition) is 3. The molecular weight excluding hydrogens is 266 g/mol. The summed E-state index contributed by atoms with van der Waals surface area (Å²) in [5.41, 5.74) is 0.750. The van der Waals surface area contributed by atoms with Crippen LogP contribution in [0.2, 0.25) is 5.02 Å². The van der Waals surface area contributed by atoms with Crippen molar-refractivity contribution in [2.45, 2.75) is 6.42 Å². The van der Waals surface area contributed by atoms with Crippen LogP contribution in [0.15, 0.2) is 18.2 Å². The third kappa shape index (κ3) is 2.56. The van der Waals surface area contributed by atoms with Gasteiger partial charge in [-0.25, -0.2) is 4.79 Å². The van der Waals surface area contributed by atoms with E-state index in [1.807, 2.05) is 0 Å². The number of carbonyl (C=O) groups is 2. The average molecular weight is 278 g/mol. The molecule has 1 heterocycles. The molecule has 0 aromatic heterocycles. The van der Waals surface area contributed by atoms with Crippen LogP contribution in [0.5, 0.6) is 0 Å². The predicted molar refractivity (Wildman–Crippen MR) is 72.1 cm³/mol. The van der Waals surface area contributed by atoms with Crippen molar-refractivity contribution < 1.29 is 14.3 Å². The van der Waals surface area contributed by atoms with E-state index >= 15 is 0 Å². The molecule has 2 rings (SSSR count). The summed E-state index contributed by atoms with van der Waals surface area (Å²) < 4.78 is 4.70. The average Bonchev–Trinajstić information content (AvgIpc) is 2.79. The number of esters is 1. The van der Waals surface area contributed by atoms with Gasteiger partial charge in [0.25, 0.3) is 0 Å². The van der Waals surface area contributed by atoms with Crippen molar-refractivity contribution in [2.24, 2.45) is 5.92 Å². The van der Waals surface area contributed by atoms with E-state index in [4.69, 9.17) is 22.8 Å². The molecule has 0 bridgehead atoms. The summed E-state index contributed by atoms with van der Waals surface area (Å²) >= 11 is 5.87. The van der Waals surface area contributed by atoms with Crippen LogP contribution in [0.25, 0.3) is 0 Å². The minimum atomic E-state index is -0.533. The van der Waals surface area contributed by atoms with E-state index in [0.717, 1.165) is 0 Å². The van der Waals surface area contributed by atoms with E-state index in [0.29, 0.717) is 23.7 Å². The van der Waals surface area contributed by atoms with Gasteiger partial charge < -0.3 is 9.64 Å². The molecule has 1 amide bonds. The Labute approximate surface area is 116 Å². The van der Waals surface area contributed by atoms with Gasteiger partial charge in [-0.3, -0.25) is 4.79 Å². The third-order valence-electron chi connectivity index (χ3n) is 3.02. The zero-order chi connectivity index (χ0) is 14.0. The highest BCUT2D eigenvalue weighted by Crippen LogP contribution is 2.30. The van der Waals surface area contributed by atoms with Crippen LogP contribution in [-0.4, -0.2) is 25.5 Å². The van der Waals surface area contributed by atoms with Crippen LogP contribution < -0.4 is 4.90 Å². The van der Waals surface area contributed by atoms with Gasteiger partial charge in [-0.1, -0.05) is 11.6 Å². The summed E-state index contributed by atoms with van der Waals surface area (Å²) in [6.07, 6.45) is 5.63. The molecule has 5 heteroatoms. The van der Waals surface area contributed by atoms with E-state index in [1.54, 1.807) is 12.1 Å². The van der Waals surface area contributed by atoms with Crippen LogP contribution >= 0.6 is 11.6 Å². The Morgan fingerprint density at radius 1 is 1.58 bits per heavy atom. The number of hydrogen-bond donors (Lipinski definition) is 0. The molecule has 0 aliphatic carbocycles. The molecular formula is C14H12ClNO3. The van der Waals surface area contributed by atoms with Gasteiger partial charge >= 0.3 is 5.97 Å². The normalized spacial score (nSPS) is 18.3. The number of halogens is 1. The molecule has 1 aliphatic heterocycles. The summed E-state index contributed by atoms with van der Waals surface area (Å²) in [5, 5.41) is 0.407. The first-order valence-corrected chi connectivity index (χ1v) is 6.09. The number of rotatable bonds is 2. The maximum Gasteiger partial charge on any atom is 0.340 e. The van der Waals surface area contributed by atoms with E-state index in [2.05, 4.69) is 5.92 Å². The molecule has 0 spiro atoms. The SMILES string of the molecule is C#CC1CC(=O)N(c2ccc(Cl)cc2C(=O)OC)C1. The van der Waals surface area contributed by atoms with Gasteiger partial charge in [-0.15, -0.1) is 12.3 Å². The third-order valence-corrected chi connectivity index (χ3v) is 3.25. The van der Waals surface area contributed by atoms with Crippen LogP contribution in [0.4, 0.5) is 5.69 Å². The zero-order valence-corrected chi connectivity index (χ0v) is 11.1. The number of amides is 1. The van der Waals surface area contributed by atoms with Crippen LogP contribution in [0.3, 0.4) is 0 Å². The van der Waals surface area contributed by atoms with Crippen molar-refractivity contribution >= 4 is 29.2 Å². The molecule has 1 unspecified atom stereocenters. The molecule has 98 valence electrons. The van der Waals surface area contributed by atoms with Gasteiger partial charge in [0.1, 0.15) is 0 Å².